The Kier molecular flexibility index (Phi) is 5.02. The number of rotatable bonds is 4. The van der Waals surface area contributed by atoms with Crippen LogP contribution >= 0.6 is 0 Å². The lowest BCUT2D eigenvalue weighted by molar-refractivity contribution is 0.232. The van der Waals surface area contributed by atoms with Crippen molar-refractivity contribution < 1.29 is 8.42 Å². The minimum atomic E-state index is -3.25. The number of nitrogens with zero attached hydrogens (tertiary/aromatic N) is 1. The summed E-state index contributed by atoms with van der Waals surface area (Å²) in [5.41, 5.74) is 0. The van der Waals surface area contributed by atoms with Crippen LogP contribution in [0.15, 0.2) is 47.4 Å². The standard InChI is InChI=1S/C19H25NO2S/c1-16(20-12-6-2-3-7-13-20)15-23(21,22)19-11-10-17-8-4-5-9-18(17)14-19/h4-5,8-11,14,16H,2-3,6-7,12-13,15H2,1H3/t16-/m0/s1. The second-order valence-electron chi connectivity index (χ2n) is 6.59. The summed E-state index contributed by atoms with van der Waals surface area (Å²) in [4.78, 5) is 2.78. The van der Waals surface area contributed by atoms with E-state index in [4.69, 9.17) is 0 Å². The summed E-state index contributed by atoms with van der Waals surface area (Å²) in [6, 6.07) is 13.4. The Morgan fingerprint density at radius 2 is 1.61 bits per heavy atom. The van der Waals surface area contributed by atoms with E-state index in [2.05, 4.69) is 4.90 Å². The van der Waals surface area contributed by atoms with Gasteiger partial charge in [0.1, 0.15) is 0 Å². The second-order valence-corrected chi connectivity index (χ2v) is 8.62. The molecule has 2 aromatic rings. The smallest absolute Gasteiger partial charge is 0.179 e. The van der Waals surface area contributed by atoms with Crippen molar-refractivity contribution in [3.8, 4) is 0 Å². The molecule has 0 aromatic heterocycles. The molecule has 124 valence electrons. The van der Waals surface area contributed by atoms with Gasteiger partial charge in [-0.2, -0.15) is 0 Å². The van der Waals surface area contributed by atoms with Gasteiger partial charge in [-0.05, 0) is 55.8 Å². The van der Waals surface area contributed by atoms with Gasteiger partial charge < -0.3 is 0 Å². The van der Waals surface area contributed by atoms with E-state index in [1.165, 1.54) is 25.7 Å². The largest absolute Gasteiger partial charge is 0.300 e. The summed E-state index contributed by atoms with van der Waals surface area (Å²) in [5.74, 6) is 0.200. The van der Waals surface area contributed by atoms with Crippen LogP contribution in [0.1, 0.15) is 32.6 Å². The fourth-order valence-corrected chi connectivity index (χ4v) is 5.04. The fraction of sp³-hybridized carbons (Fsp3) is 0.474. The van der Waals surface area contributed by atoms with E-state index in [0.29, 0.717) is 4.90 Å². The van der Waals surface area contributed by atoms with Crippen LogP contribution in [0.2, 0.25) is 0 Å². The number of hydrogen-bond acceptors (Lipinski definition) is 3. The van der Waals surface area contributed by atoms with E-state index in [1.807, 2.05) is 37.3 Å². The summed E-state index contributed by atoms with van der Waals surface area (Å²) in [5, 5.41) is 2.06. The van der Waals surface area contributed by atoms with Gasteiger partial charge >= 0.3 is 0 Å². The Labute approximate surface area is 139 Å². The molecule has 0 N–H and O–H groups in total. The van der Waals surface area contributed by atoms with E-state index in [0.717, 1.165) is 23.9 Å². The van der Waals surface area contributed by atoms with Crippen molar-refractivity contribution in [3.63, 3.8) is 0 Å². The molecule has 1 saturated heterocycles. The molecule has 2 aromatic carbocycles. The zero-order valence-corrected chi connectivity index (χ0v) is 14.6. The van der Waals surface area contributed by atoms with Gasteiger partial charge in [0.25, 0.3) is 0 Å². The predicted molar refractivity (Wildman–Crippen MR) is 95.5 cm³/mol. The lowest BCUT2D eigenvalue weighted by Crippen LogP contribution is -2.38. The molecule has 1 aliphatic heterocycles. The first-order valence-corrected chi connectivity index (χ1v) is 10.2. The normalized spacial score (nSPS) is 18.7. The highest BCUT2D eigenvalue weighted by Crippen LogP contribution is 2.22. The highest BCUT2D eigenvalue weighted by molar-refractivity contribution is 7.91. The van der Waals surface area contributed by atoms with E-state index in [1.54, 1.807) is 12.1 Å². The van der Waals surface area contributed by atoms with Crippen LogP contribution in [0.3, 0.4) is 0 Å². The molecule has 1 aliphatic rings. The summed E-state index contributed by atoms with van der Waals surface area (Å²) < 4.78 is 25.6. The van der Waals surface area contributed by atoms with Gasteiger partial charge in [-0.25, -0.2) is 8.42 Å². The van der Waals surface area contributed by atoms with Crippen molar-refractivity contribution >= 4 is 20.6 Å². The monoisotopic (exact) mass is 331 g/mol. The molecule has 0 bridgehead atoms. The highest BCUT2D eigenvalue weighted by Gasteiger charge is 2.23. The van der Waals surface area contributed by atoms with Gasteiger partial charge in [-0.3, -0.25) is 4.90 Å². The first-order chi connectivity index (χ1) is 11.1. The third-order valence-electron chi connectivity index (χ3n) is 4.80. The highest BCUT2D eigenvalue weighted by atomic mass is 32.2. The molecule has 1 atom stereocenters. The molecular weight excluding hydrogens is 306 g/mol. The summed E-state index contributed by atoms with van der Waals surface area (Å²) >= 11 is 0. The molecule has 0 radical (unpaired) electrons. The molecule has 0 aliphatic carbocycles. The Bertz CT molecular complexity index is 762. The molecule has 1 fully saturated rings. The maximum Gasteiger partial charge on any atom is 0.179 e. The first-order valence-electron chi connectivity index (χ1n) is 8.52. The Hall–Kier alpha value is -1.39. The van der Waals surface area contributed by atoms with Gasteiger partial charge in [0.15, 0.2) is 9.84 Å². The third-order valence-corrected chi connectivity index (χ3v) is 6.70. The van der Waals surface area contributed by atoms with Crippen molar-refractivity contribution in [1.29, 1.82) is 0 Å². The van der Waals surface area contributed by atoms with E-state index in [-0.39, 0.29) is 11.8 Å². The topological polar surface area (TPSA) is 37.4 Å². The van der Waals surface area contributed by atoms with Crippen molar-refractivity contribution in [2.45, 2.75) is 43.5 Å². The molecule has 0 unspecified atom stereocenters. The lowest BCUT2D eigenvalue weighted by atomic mass is 10.1. The van der Waals surface area contributed by atoms with Crippen molar-refractivity contribution in [3.05, 3.63) is 42.5 Å². The lowest BCUT2D eigenvalue weighted by Gasteiger charge is -2.27. The summed E-state index contributed by atoms with van der Waals surface area (Å²) in [6.45, 7) is 4.09. The van der Waals surface area contributed by atoms with Gasteiger partial charge in [-0.15, -0.1) is 0 Å². The van der Waals surface area contributed by atoms with E-state index < -0.39 is 9.84 Å². The molecule has 3 nitrogen and oxygen atoms in total. The number of fused-ring (bicyclic) bond motifs is 1. The molecule has 0 amide bonds. The van der Waals surface area contributed by atoms with Crippen LogP contribution in [0.25, 0.3) is 10.8 Å². The van der Waals surface area contributed by atoms with E-state index >= 15 is 0 Å². The number of sulfone groups is 1. The quantitative estimate of drug-likeness (QED) is 0.853. The molecule has 0 saturated carbocycles. The number of likely N-dealkylation sites (tertiary alicyclic amines) is 1. The maximum absolute atomic E-state index is 12.8. The molecule has 3 rings (SSSR count). The summed E-state index contributed by atoms with van der Waals surface area (Å²) in [6.07, 6.45) is 4.89. The Morgan fingerprint density at radius 3 is 2.30 bits per heavy atom. The first kappa shape index (κ1) is 16.5. The van der Waals surface area contributed by atoms with Crippen molar-refractivity contribution in [2.75, 3.05) is 18.8 Å². The SMILES string of the molecule is C[C@@H](CS(=O)(=O)c1ccc2ccccc2c1)N1CCCCCC1. The van der Waals surface area contributed by atoms with Gasteiger partial charge in [0.2, 0.25) is 0 Å². The zero-order valence-electron chi connectivity index (χ0n) is 13.7. The van der Waals surface area contributed by atoms with Crippen LogP contribution in [0.4, 0.5) is 0 Å². The number of benzene rings is 2. The second kappa shape index (κ2) is 7.02. The maximum atomic E-state index is 12.8. The van der Waals surface area contributed by atoms with Crippen LogP contribution in [-0.4, -0.2) is 38.2 Å². The fourth-order valence-electron chi connectivity index (χ4n) is 3.42. The average molecular weight is 331 g/mol. The van der Waals surface area contributed by atoms with E-state index in [9.17, 15) is 8.42 Å². The minimum Gasteiger partial charge on any atom is -0.300 e. The van der Waals surface area contributed by atoms with Crippen LogP contribution in [0, 0.1) is 0 Å². The summed E-state index contributed by atoms with van der Waals surface area (Å²) in [7, 11) is -3.25. The van der Waals surface area contributed by atoms with Crippen LogP contribution in [0.5, 0.6) is 0 Å². The molecule has 0 spiro atoms. The van der Waals surface area contributed by atoms with Crippen LogP contribution < -0.4 is 0 Å². The number of hydrogen-bond donors (Lipinski definition) is 0. The van der Waals surface area contributed by atoms with Crippen LogP contribution in [-0.2, 0) is 9.84 Å². The minimum absolute atomic E-state index is 0.0737. The van der Waals surface area contributed by atoms with Gasteiger partial charge in [0.05, 0.1) is 10.6 Å². The zero-order chi connectivity index (χ0) is 16.3. The molecule has 1 heterocycles. The Balaban J connectivity index is 1.79. The van der Waals surface area contributed by atoms with Gasteiger partial charge in [-0.1, -0.05) is 43.2 Å². The molecule has 23 heavy (non-hydrogen) atoms. The van der Waals surface area contributed by atoms with Crippen molar-refractivity contribution in [2.24, 2.45) is 0 Å². The molecule has 4 heteroatoms. The van der Waals surface area contributed by atoms with Crippen molar-refractivity contribution in [1.82, 2.24) is 4.90 Å². The predicted octanol–water partition coefficient (Wildman–Crippen LogP) is 3.88. The third kappa shape index (κ3) is 3.93. The molecular formula is C19H25NO2S. The van der Waals surface area contributed by atoms with Gasteiger partial charge in [0, 0.05) is 6.04 Å². The average Bonchev–Trinajstić information content (AvgIpc) is 2.83. The Morgan fingerprint density at radius 1 is 0.957 bits per heavy atom.